The third kappa shape index (κ3) is 2.73. The Bertz CT molecular complexity index is 329. The van der Waals surface area contributed by atoms with Gasteiger partial charge < -0.3 is 5.32 Å². The van der Waals surface area contributed by atoms with Crippen molar-refractivity contribution < 1.29 is 0 Å². The lowest BCUT2D eigenvalue weighted by Crippen LogP contribution is -2.04. The molecule has 0 atom stereocenters. The molecule has 13 heavy (non-hydrogen) atoms. The number of aromatic nitrogens is 1. The van der Waals surface area contributed by atoms with Crippen LogP contribution in [0.2, 0.25) is 5.15 Å². The van der Waals surface area contributed by atoms with E-state index in [4.69, 9.17) is 11.6 Å². The molecule has 0 radical (unpaired) electrons. The summed E-state index contributed by atoms with van der Waals surface area (Å²) in [6.07, 6.45) is 1.68. The molecule has 0 fully saturated rings. The molecule has 0 aliphatic heterocycles. The molecule has 1 heterocycles. The predicted molar refractivity (Wildman–Crippen MR) is 54.8 cm³/mol. The van der Waals surface area contributed by atoms with Crippen molar-refractivity contribution in [3.05, 3.63) is 28.5 Å². The minimum absolute atomic E-state index is 0.476. The summed E-state index contributed by atoms with van der Waals surface area (Å²) in [5, 5.41) is 3.42. The van der Waals surface area contributed by atoms with E-state index in [1.165, 1.54) is 0 Å². The molecule has 0 bridgehead atoms. The molecule has 2 nitrogen and oxygen atoms in total. The zero-order valence-electron chi connectivity index (χ0n) is 7.69. The highest BCUT2D eigenvalue weighted by Gasteiger charge is 1.99. The van der Waals surface area contributed by atoms with Crippen LogP contribution in [-0.2, 0) is 0 Å². The molecule has 68 valence electrons. The van der Waals surface area contributed by atoms with Gasteiger partial charge in [0.1, 0.15) is 5.15 Å². The third-order valence-electron chi connectivity index (χ3n) is 1.59. The minimum atomic E-state index is 0.476. The topological polar surface area (TPSA) is 24.9 Å². The first-order valence-electron chi connectivity index (χ1n) is 4.00. The lowest BCUT2D eigenvalue weighted by molar-refractivity contribution is 0.938. The summed E-state index contributed by atoms with van der Waals surface area (Å²) in [6, 6.07) is 1.90. The fourth-order valence-corrected chi connectivity index (χ4v) is 1.15. The second-order valence-corrected chi connectivity index (χ2v) is 2.98. The standard InChI is InChI=1S/C10H11ClN2/c1-8-5-7-13-10(11)9(8)4-3-6-12-2/h5,7,12H,6H2,1-2H3. The van der Waals surface area contributed by atoms with Gasteiger partial charge in [0.25, 0.3) is 0 Å². The van der Waals surface area contributed by atoms with Crippen molar-refractivity contribution >= 4 is 11.6 Å². The average Bonchev–Trinajstić information content (AvgIpc) is 2.10. The summed E-state index contributed by atoms with van der Waals surface area (Å²) in [7, 11) is 1.85. The van der Waals surface area contributed by atoms with Gasteiger partial charge in [-0.1, -0.05) is 23.4 Å². The zero-order valence-corrected chi connectivity index (χ0v) is 8.44. The van der Waals surface area contributed by atoms with E-state index in [-0.39, 0.29) is 0 Å². The van der Waals surface area contributed by atoms with Crippen LogP contribution in [0.5, 0.6) is 0 Å². The maximum absolute atomic E-state index is 5.87. The maximum atomic E-state index is 5.87. The van der Waals surface area contributed by atoms with Gasteiger partial charge in [0.2, 0.25) is 0 Å². The summed E-state index contributed by atoms with van der Waals surface area (Å²) in [5.74, 6) is 5.92. The molecular formula is C10H11ClN2. The van der Waals surface area contributed by atoms with E-state index in [1.54, 1.807) is 6.20 Å². The van der Waals surface area contributed by atoms with Gasteiger partial charge in [-0.2, -0.15) is 0 Å². The second kappa shape index (κ2) is 4.86. The molecule has 0 amide bonds. The highest BCUT2D eigenvalue weighted by Crippen LogP contribution is 2.14. The van der Waals surface area contributed by atoms with Crippen molar-refractivity contribution in [3.63, 3.8) is 0 Å². The molecule has 0 unspecified atom stereocenters. The van der Waals surface area contributed by atoms with Gasteiger partial charge in [0, 0.05) is 6.20 Å². The van der Waals surface area contributed by atoms with E-state index >= 15 is 0 Å². The minimum Gasteiger partial charge on any atom is -0.309 e. The van der Waals surface area contributed by atoms with Gasteiger partial charge in [0.15, 0.2) is 0 Å². The van der Waals surface area contributed by atoms with Crippen molar-refractivity contribution in [1.29, 1.82) is 0 Å². The molecule has 0 saturated carbocycles. The summed E-state index contributed by atoms with van der Waals surface area (Å²) in [4.78, 5) is 3.96. The van der Waals surface area contributed by atoms with Gasteiger partial charge in [-0.3, -0.25) is 0 Å². The normalized spacial score (nSPS) is 9.15. The summed E-state index contributed by atoms with van der Waals surface area (Å²) < 4.78 is 0. The van der Waals surface area contributed by atoms with E-state index < -0.39 is 0 Å². The Balaban J connectivity index is 2.95. The molecule has 0 aromatic carbocycles. The number of nitrogens with one attached hydrogen (secondary N) is 1. The molecule has 1 rings (SSSR count). The lowest BCUT2D eigenvalue weighted by atomic mass is 10.2. The van der Waals surface area contributed by atoms with Gasteiger partial charge >= 0.3 is 0 Å². The highest BCUT2D eigenvalue weighted by molar-refractivity contribution is 6.30. The van der Waals surface area contributed by atoms with Crippen LogP contribution in [0.25, 0.3) is 0 Å². The smallest absolute Gasteiger partial charge is 0.144 e. The number of aryl methyl sites for hydroxylation is 1. The Morgan fingerprint density at radius 2 is 2.38 bits per heavy atom. The molecule has 1 aromatic rings. The molecule has 1 aromatic heterocycles. The Morgan fingerprint density at radius 3 is 3.00 bits per heavy atom. The quantitative estimate of drug-likeness (QED) is 0.543. The Kier molecular flexibility index (Phi) is 3.75. The number of hydrogen-bond acceptors (Lipinski definition) is 2. The fourth-order valence-electron chi connectivity index (χ4n) is 0.896. The van der Waals surface area contributed by atoms with Gasteiger partial charge in [-0.05, 0) is 25.6 Å². The van der Waals surface area contributed by atoms with Crippen LogP contribution in [-0.4, -0.2) is 18.6 Å². The largest absolute Gasteiger partial charge is 0.309 e. The number of pyridine rings is 1. The van der Waals surface area contributed by atoms with Crippen molar-refractivity contribution in [2.24, 2.45) is 0 Å². The monoisotopic (exact) mass is 194 g/mol. The van der Waals surface area contributed by atoms with Crippen LogP contribution >= 0.6 is 11.6 Å². The first kappa shape index (κ1) is 10.0. The number of rotatable bonds is 1. The van der Waals surface area contributed by atoms with Crippen LogP contribution in [0.3, 0.4) is 0 Å². The van der Waals surface area contributed by atoms with Crippen molar-refractivity contribution in [3.8, 4) is 11.8 Å². The van der Waals surface area contributed by atoms with Crippen LogP contribution in [0.15, 0.2) is 12.3 Å². The number of nitrogens with zero attached hydrogens (tertiary/aromatic N) is 1. The molecule has 0 aliphatic rings. The maximum Gasteiger partial charge on any atom is 0.144 e. The van der Waals surface area contributed by atoms with E-state index in [2.05, 4.69) is 22.1 Å². The average molecular weight is 195 g/mol. The van der Waals surface area contributed by atoms with Crippen LogP contribution in [0, 0.1) is 18.8 Å². The third-order valence-corrected chi connectivity index (χ3v) is 1.88. The SMILES string of the molecule is CNCC#Cc1c(C)ccnc1Cl. The number of halogens is 1. The van der Waals surface area contributed by atoms with Crippen LogP contribution in [0.4, 0.5) is 0 Å². The summed E-state index contributed by atoms with van der Waals surface area (Å²) in [5.41, 5.74) is 1.88. The molecule has 0 aliphatic carbocycles. The van der Waals surface area contributed by atoms with Crippen LogP contribution < -0.4 is 5.32 Å². The molecule has 1 N–H and O–H groups in total. The molecule has 0 spiro atoms. The van der Waals surface area contributed by atoms with E-state index in [9.17, 15) is 0 Å². The highest BCUT2D eigenvalue weighted by atomic mass is 35.5. The van der Waals surface area contributed by atoms with E-state index in [0.717, 1.165) is 11.1 Å². The van der Waals surface area contributed by atoms with E-state index in [1.807, 2.05) is 20.0 Å². The molecule has 3 heteroatoms. The first-order chi connectivity index (χ1) is 6.25. The molecule has 0 saturated heterocycles. The van der Waals surface area contributed by atoms with Gasteiger partial charge in [-0.15, -0.1) is 0 Å². The summed E-state index contributed by atoms with van der Waals surface area (Å²) >= 11 is 5.87. The summed E-state index contributed by atoms with van der Waals surface area (Å²) in [6.45, 7) is 2.63. The Labute approximate surface area is 83.3 Å². The van der Waals surface area contributed by atoms with Crippen molar-refractivity contribution in [2.45, 2.75) is 6.92 Å². The lowest BCUT2D eigenvalue weighted by Gasteiger charge is -1.98. The van der Waals surface area contributed by atoms with Gasteiger partial charge in [-0.25, -0.2) is 4.98 Å². The fraction of sp³-hybridized carbons (Fsp3) is 0.300. The Morgan fingerprint density at radius 1 is 1.62 bits per heavy atom. The first-order valence-corrected chi connectivity index (χ1v) is 4.38. The van der Waals surface area contributed by atoms with E-state index in [0.29, 0.717) is 11.7 Å². The zero-order chi connectivity index (χ0) is 9.68. The van der Waals surface area contributed by atoms with Crippen molar-refractivity contribution in [2.75, 3.05) is 13.6 Å². The Hall–Kier alpha value is -1.04. The molecular weight excluding hydrogens is 184 g/mol. The number of hydrogen-bond donors (Lipinski definition) is 1. The second-order valence-electron chi connectivity index (χ2n) is 2.63. The van der Waals surface area contributed by atoms with Crippen molar-refractivity contribution in [1.82, 2.24) is 10.3 Å². The van der Waals surface area contributed by atoms with Gasteiger partial charge in [0.05, 0.1) is 12.1 Å². The van der Waals surface area contributed by atoms with Crippen LogP contribution in [0.1, 0.15) is 11.1 Å². The predicted octanol–water partition coefficient (Wildman–Crippen LogP) is 1.61.